The summed E-state index contributed by atoms with van der Waals surface area (Å²) in [5.74, 6) is 2.71. The molecule has 0 spiro atoms. The molecule has 0 amide bonds. The number of hydrogen-bond donors (Lipinski definition) is 0. The van der Waals surface area contributed by atoms with Crippen molar-refractivity contribution in [1.29, 1.82) is 0 Å². The highest BCUT2D eigenvalue weighted by atomic mass is 16.3. The van der Waals surface area contributed by atoms with E-state index < -0.39 is 0 Å². The number of anilines is 3. The number of furan rings is 1. The number of para-hydroxylation sites is 2. The summed E-state index contributed by atoms with van der Waals surface area (Å²) in [5.41, 5.74) is 15.5. The summed E-state index contributed by atoms with van der Waals surface area (Å²) in [4.78, 5) is 2.45. The fourth-order valence-corrected chi connectivity index (χ4v) is 13.4. The Bertz CT molecular complexity index is 3610. The lowest BCUT2D eigenvalue weighted by Gasteiger charge is -2.57. The highest BCUT2D eigenvalue weighted by Crippen LogP contribution is 2.61. The molecule has 4 aliphatic carbocycles. The fraction of sp³-hybridized carbons (Fsp3) is 0.161. The summed E-state index contributed by atoms with van der Waals surface area (Å²) < 4.78 is 8.88. The predicted octanol–water partition coefficient (Wildman–Crippen LogP) is 17.1. The molecule has 0 aliphatic heterocycles. The van der Waals surface area contributed by atoms with Gasteiger partial charge >= 0.3 is 0 Å². The minimum absolute atomic E-state index is 0.327. The summed E-state index contributed by atoms with van der Waals surface area (Å²) >= 11 is 0. The van der Waals surface area contributed by atoms with Gasteiger partial charge in [-0.1, -0.05) is 127 Å². The molecular weight excluding hydrogens is 789 g/mol. The normalized spacial score (nSPS) is 20.2. The van der Waals surface area contributed by atoms with Crippen LogP contribution in [0.5, 0.6) is 0 Å². The standard InChI is InChI=1S/C62H48N2O/c1-3-12-43(13-4-1)51-21-10-14-44-15-11-22-52(61(44)51)45-16-9-19-48(33-45)63(49-26-29-60-56(35-49)54-20-7-8-23-59(54)65-60)50-25-27-53-55-34-46(62-37-40-30-41(38-62)32-42(31-40)39-62)24-28-57(55)64(58(53)36-50)47-17-5-2-6-18-47/h1-29,33-36,40-42H,30-32,37-39H2. The zero-order valence-corrected chi connectivity index (χ0v) is 36.3. The van der Waals surface area contributed by atoms with Crippen LogP contribution in [0.1, 0.15) is 44.1 Å². The molecule has 0 saturated heterocycles. The second-order valence-corrected chi connectivity index (χ2v) is 19.5. The van der Waals surface area contributed by atoms with Crippen molar-refractivity contribution < 1.29 is 4.42 Å². The van der Waals surface area contributed by atoms with Crippen LogP contribution < -0.4 is 4.90 Å². The van der Waals surface area contributed by atoms with Gasteiger partial charge in [0.25, 0.3) is 0 Å². The lowest BCUT2D eigenvalue weighted by atomic mass is 9.48. The molecule has 2 aromatic heterocycles. The largest absolute Gasteiger partial charge is 0.456 e. The Labute approximate surface area is 379 Å². The summed E-state index contributed by atoms with van der Waals surface area (Å²) in [6.07, 6.45) is 8.46. The monoisotopic (exact) mass is 836 g/mol. The molecule has 0 unspecified atom stereocenters. The van der Waals surface area contributed by atoms with E-state index in [4.69, 9.17) is 4.42 Å². The maximum Gasteiger partial charge on any atom is 0.135 e. The van der Waals surface area contributed by atoms with Gasteiger partial charge in [0.2, 0.25) is 0 Å². The molecule has 4 fully saturated rings. The Morgan fingerprint density at radius 1 is 0.431 bits per heavy atom. The lowest BCUT2D eigenvalue weighted by Crippen LogP contribution is -2.48. The highest BCUT2D eigenvalue weighted by Gasteiger charge is 2.51. The van der Waals surface area contributed by atoms with Crippen molar-refractivity contribution >= 4 is 71.6 Å². The minimum Gasteiger partial charge on any atom is -0.456 e. The Morgan fingerprint density at radius 2 is 1.06 bits per heavy atom. The van der Waals surface area contributed by atoms with Gasteiger partial charge in [0, 0.05) is 44.3 Å². The Morgan fingerprint density at radius 3 is 1.85 bits per heavy atom. The first-order chi connectivity index (χ1) is 32.1. The van der Waals surface area contributed by atoms with E-state index in [-0.39, 0.29) is 0 Å². The van der Waals surface area contributed by atoms with Crippen molar-refractivity contribution in [3.05, 3.63) is 206 Å². The number of fused-ring (bicyclic) bond motifs is 7. The average Bonchev–Trinajstić information content (AvgIpc) is 3.89. The number of rotatable bonds is 7. The van der Waals surface area contributed by atoms with E-state index in [0.29, 0.717) is 5.41 Å². The van der Waals surface area contributed by atoms with E-state index in [1.807, 2.05) is 6.07 Å². The Hall–Kier alpha value is -7.36. The molecular formula is C62H48N2O. The van der Waals surface area contributed by atoms with Crippen LogP contribution in [0.2, 0.25) is 0 Å². The second kappa shape index (κ2) is 14.3. The Balaban J connectivity index is 0.982. The second-order valence-electron chi connectivity index (χ2n) is 19.5. The van der Waals surface area contributed by atoms with Crippen LogP contribution in [0.3, 0.4) is 0 Å². The van der Waals surface area contributed by atoms with Crippen LogP contribution >= 0.6 is 0 Å². The first-order valence-corrected chi connectivity index (χ1v) is 23.7. The fourth-order valence-electron chi connectivity index (χ4n) is 13.4. The van der Waals surface area contributed by atoms with Crippen molar-refractivity contribution in [2.45, 2.75) is 43.9 Å². The van der Waals surface area contributed by atoms with E-state index in [0.717, 1.165) is 56.8 Å². The van der Waals surface area contributed by atoms with Gasteiger partial charge in [-0.25, -0.2) is 0 Å². The van der Waals surface area contributed by atoms with E-state index >= 15 is 0 Å². The summed E-state index contributed by atoms with van der Waals surface area (Å²) in [5, 5.41) is 7.38. The molecule has 2 heterocycles. The first kappa shape index (κ1) is 37.1. The lowest BCUT2D eigenvalue weighted by molar-refractivity contribution is -0.00512. The van der Waals surface area contributed by atoms with Crippen LogP contribution in [0.25, 0.3) is 82.5 Å². The Kier molecular flexibility index (Phi) is 8.17. The number of nitrogens with zero attached hydrogens (tertiary/aromatic N) is 2. The third-order valence-electron chi connectivity index (χ3n) is 15.7. The molecule has 312 valence electrons. The number of hydrogen-bond acceptors (Lipinski definition) is 2. The quantitative estimate of drug-likeness (QED) is 0.159. The van der Waals surface area contributed by atoms with E-state index in [1.165, 1.54) is 99.0 Å². The van der Waals surface area contributed by atoms with Crippen molar-refractivity contribution in [1.82, 2.24) is 4.57 Å². The molecule has 9 aromatic carbocycles. The van der Waals surface area contributed by atoms with Crippen molar-refractivity contribution in [3.8, 4) is 27.9 Å². The van der Waals surface area contributed by atoms with Gasteiger partial charge in [0.1, 0.15) is 11.2 Å². The molecule has 4 aliphatic rings. The summed E-state index contributed by atoms with van der Waals surface area (Å²) in [6.45, 7) is 0. The van der Waals surface area contributed by atoms with Crippen molar-refractivity contribution in [3.63, 3.8) is 0 Å². The van der Waals surface area contributed by atoms with Crippen LogP contribution in [0.4, 0.5) is 17.1 Å². The van der Waals surface area contributed by atoms with E-state index in [9.17, 15) is 0 Å². The van der Waals surface area contributed by atoms with Gasteiger partial charge < -0.3 is 13.9 Å². The van der Waals surface area contributed by atoms with Gasteiger partial charge in [0.15, 0.2) is 0 Å². The molecule has 3 nitrogen and oxygen atoms in total. The smallest absolute Gasteiger partial charge is 0.135 e. The van der Waals surface area contributed by atoms with Crippen molar-refractivity contribution in [2.24, 2.45) is 17.8 Å². The molecule has 4 bridgehead atoms. The maximum absolute atomic E-state index is 6.38. The molecule has 4 saturated carbocycles. The third-order valence-corrected chi connectivity index (χ3v) is 15.7. The zero-order valence-electron chi connectivity index (χ0n) is 36.3. The molecule has 3 heteroatoms. The highest BCUT2D eigenvalue weighted by molar-refractivity contribution is 6.12. The molecule has 0 atom stereocenters. The van der Waals surface area contributed by atoms with Gasteiger partial charge in [-0.3, -0.25) is 0 Å². The van der Waals surface area contributed by atoms with Gasteiger partial charge in [0.05, 0.1) is 11.0 Å². The average molecular weight is 837 g/mol. The molecule has 0 radical (unpaired) electrons. The van der Waals surface area contributed by atoms with E-state index in [2.05, 4.69) is 204 Å². The van der Waals surface area contributed by atoms with Gasteiger partial charge in [-0.15, -0.1) is 0 Å². The summed E-state index contributed by atoms with van der Waals surface area (Å²) in [6, 6.07) is 74.1. The third kappa shape index (κ3) is 5.88. The zero-order chi connectivity index (χ0) is 42.6. The molecule has 15 rings (SSSR count). The molecule has 0 N–H and O–H groups in total. The molecule has 65 heavy (non-hydrogen) atoms. The maximum atomic E-state index is 6.38. The van der Waals surface area contributed by atoms with Crippen molar-refractivity contribution in [2.75, 3.05) is 4.90 Å². The van der Waals surface area contributed by atoms with Gasteiger partial charge in [-0.2, -0.15) is 0 Å². The van der Waals surface area contributed by atoms with Crippen LogP contribution in [0.15, 0.2) is 205 Å². The van der Waals surface area contributed by atoms with Crippen LogP contribution in [-0.2, 0) is 5.41 Å². The van der Waals surface area contributed by atoms with Gasteiger partial charge in [-0.05, 0) is 173 Å². The SMILES string of the molecule is c1ccc(-c2cccc3cccc(-c4cccc(N(c5ccc6oc7ccccc7c6c5)c5ccc6c7cc(C89CC%10CC(CC(C%10)C8)C9)ccc7n(-c7ccccc7)c6c5)c4)c23)cc1. The van der Waals surface area contributed by atoms with Crippen LogP contribution in [0, 0.1) is 17.8 Å². The minimum atomic E-state index is 0.327. The number of benzene rings is 9. The summed E-state index contributed by atoms with van der Waals surface area (Å²) in [7, 11) is 0. The predicted molar refractivity (Wildman–Crippen MR) is 271 cm³/mol. The first-order valence-electron chi connectivity index (χ1n) is 23.7. The molecule has 11 aromatic rings. The van der Waals surface area contributed by atoms with Crippen LogP contribution in [-0.4, -0.2) is 4.57 Å². The number of aromatic nitrogens is 1. The topological polar surface area (TPSA) is 21.3 Å². The van der Waals surface area contributed by atoms with E-state index in [1.54, 1.807) is 5.56 Å².